The van der Waals surface area contributed by atoms with Gasteiger partial charge in [-0.1, -0.05) is 65.9 Å². The zero-order valence-corrected chi connectivity index (χ0v) is 15.4. The quantitative estimate of drug-likeness (QED) is 0.542. The minimum Gasteiger partial charge on any atom is -0.425 e. The second kappa shape index (κ2) is 8.17. The number of nitrogens with one attached hydrogen (secondary N) is 1. The highest BCUT2D eigenvalue weighted by Gasteiger charge is 2.09. The smallest absolute Gasteiger partial charge is 0.311 e. The van der Waals surface area contributed by atoms with Crippen LogP contribution in [-0.4, -0.2) is 11.0 Å². The molecule has 0 aliphatic carbocycles. The SMILES string of the molecule is C=c1[nH]c(=O)s/c1=C\c1ccc(OC(=O)CCc2ccccc2)c(Cl)c1. The van der Waals surface area contributed by atoms with E-state index in [1.54, 1.807) is 24.3 Å². The van der Waals surface area contributed by atoms with Gasteiger partial charge >= 0.3 is 10.8 Å². The van der Waals surface area contributed by atoms with Gasteiger partial charge in [-0.05, 0) is 35.8 Å². The summed E-state index contributed by atoms with van der Waals surface area (Å²) < 4.78 is 6.08. The van der Waals surface area contributed by atoms with Crippen molar-refractivity contribution < 1.29 is 9.53 Å². The summed E-state index contributed by atoms with van der Waals surface area (Å²) in [7, 11) is 0. The van der Waals surface area contributed by atoms with Crippen molar-refractivity contribution in [3.8, 4) is 5.75 Å². The van der Waals surface area contributed by atoms with E-state index in [1.165, 1.54) is 0 Å². The third kappa shape index (κ3) is 4.71. The lowest BCUT2D eigenvalue weighted by Gasteiger charge is -2.07. The van der Waals surface area contributed by atoms with Crippen molar-refractivity contribution >= 4 is 41.6 Å². The standard InChI is InChI=1S/C20H16ClNO3S/c1-13-18(26-20(24)22-13)12-15-7-9-17(16(21)11-15)25-19(23)10-8-14-5-3-2-4-6-14/h2-7,9,11-12H,1,8,10H2,(H,22,24)/b18-12-. The molecular formula is C20H16ClNO3S. The number of carbonyl (C=O) groups is 1. The third-order valence-corrected chi connectivity index (χ3v) is 4.86. The largest absolute Gasteiger partial charge is 0.425 e. The third-order valence-electron chi connectivity index (χ3n) is 3.69. The zero-order valence-electron chi connectivity index (χ0n) is 13.8. The number of hydrogen-bond donors (Lipinski definition) is 1. The average Bonchev–Trinajstić information content (AvgIpc) is 2.93. The van der Waals surface area contributed by atoms with Gasteiger partial charge in [0.15, 0.2) is 0 Å². The predicted octanol–water partition coefficient (Wildman–Crippen LogP) is 2.87. The number of halogens is 1. The first-order chi connectivity index (χ1) is 12.5. The minimum atomic E-state index is -0.337. The molecule has 0 radical (unpaired) electrons. The fourth-order valence-electron chi connectivity index (χ4n) is 2.39. The van der Waals surface area contributed by atoms with Gasteiger partial charge in [-0.2, -0.15) is 0 Å². The lowest BCUT2D eigenvalue weighted by atomic mass is 10.1. The molecule has 1 heterocycles. The number of thiazole rings is 1. The fourth-order valence-corrected chi connectivity index (χ4v) is 3.36. The molecule has 2 aromatic carbocycles. The molecule has 0 atom stereocenters. The van der Waals surface area contributed by atoms with Gasteiger partial charge in [-0.15, -0.1) is 0 Å². The molecule has 0 amide bonds. The number of ether oxygens (including phenoxy) is 1. The molecule has 0 aliphatic heterocycles. The number of esters is 1. The van der Waals surface area contributed by atoms with Gasteiger partial charge in [-0.25, -0.2) is 0 Å². The van der Waals surface area contributed by atoms with Crippen molar-refractivity contribution in [3.05, 3.63) is 84.2 Å². The molecule has 0 unspecified atom stereocenters. The van der Waals surface area contributed by atoms with Crippen LogP contribution in [0, 0.1) is 0 Å². The van der Waals surface area contributed by atoms with Crippen LogP contribution >= 0.6 is 22.9 Å². The van der Waals surface area contributed by atoms with Gasteiger partial charge in [0.2, 0.25) is 0 Å². The van der Waals surface area contributed by atoms with E-state index in [9.17, 15) is 9.59 Å². The topological polar surface area (TPSA) is 59.2 Å². The van der Waals surface area contributed by atoms with Crippen LogP contribution in [0.4, 0.5) is 0 Å². The molecule has 1 N–H and O–H groups in total. The molecular weight excluding hydrogens is 370 g/mol. The van der Waals surface area contributed by atoms with E-state index < -0.39 is 0 Å². The Morgan fingerprint density at radius 3 is 2.65 bits per heavy atom. The summed E-state index contributed by atoms with van der Waals surface area (Å²) in [6.45, 7) is 3.78. The van der Waals surface area contributed by atoms with Crippen LogP contribution in [0.1, 0.15) is 17.5 Å². The van der Waals surface area contributed by atoms with Crippen molar-refractivity contribution in [3.63, 3.8) is 0 Å². The summed E-state index contributed by atoms with van der Waals surface area (Å²) in [5, 5.41) is 0.896. The molecule has 0 fully saturated rings. The number of benzene rings is 2. The number of aromatic amines is 1. The molecule has 3 rings (SSSR count). The molecule has 3 aromatic rings. The number of carbonyl (C=O) groups excluding carboxylic acids is 1. The summed E-state index contributed by atoms with van der Waals surface area (Å²) in [4.78, 5) is 25.8. The van der Waals surface area contributed by atoms with Crippen LogP contribution in [0.15, 0.2) is 53.3 Å². The molecule has 6 heteroatoms. The molecule has 0 aliphatic rings. The van der Waals surface area contributed by atoms with Crippen LogP contribution in [-0.2, 0) is 11.2 Å². The van der Waals surface area contributed by atoms with Crippen molar-refractivity contribution in [1.29, 1.82) is 0 Å². The summed E-state index contributed by atoms with van der Waals surface area (Å²) in [6.07, 6.45) is 2.69. The first kappa shape index (κ1) is 18.2. The molecule has 1 aromatic heterocycles. The Labute approximate surface area is 159 Å². The van der Waals surface area contributed by atoms with Gasteiger partial charge in [0.05, 0.1) is 14.9 Å². The average molecular weight is 386 g/mol. The van der Waals surface area contributed by atoms with Crippen LogP contribution in [0.25, 0.3) is 12.7 Å². The maximum absolute atomic E-state index is 12.0. The normalized spacial score (nSPS) is 11.5. The summed E-state index contributed by atoms with van der Waals surface area (Å²) in [5.74, 6) is -0.0182. The number of hydrogen-bond acceptors (Lipinski definition) is 4. The van der Waals surface area contributed by atoms with Crippen LogP contribution in [0.3, 0.4) is 0 Å². The van der Waals surface area contributed by atoms with Gasteiger partial charge in [0, 0.05) is 6.42 Å². The van der Waals surface area contributed by atoms with Crippen molar-refractivity contribution in [1.82, 2.24) is 4.98 Å². The maximum Gasteiger partial charge on any atom is 0.311 e. The van der Waals surface area contributed by atoms with Crippen molar-refractivity contribution in [2.75, 3.05) is 0 Å². The number of H-pyrrole nitrogens is 1. The summed E-state index contributed by atoms with van der Waals surface area (Å²) in [5.41, 5.74) is 1.87. The van der Waals surface area contributed by atoms with E-state index in [0.29, 0.717) is 22.5 Å². The Morgan fingerprint density at radius 2 is 2.00 bits per heavy atom. The number of aryl methyl sites for hydroxylation is 1. The molecule has 26 heavy (non-hydrogen) atoms. The van der Waals surface area contributed by atoms with E-state index in [-0.39, 0.29) is 17.3 Å². The Bertz CT molecular complexity index is 1090. The highest BCUT2D eigenvalue weighted by molar-refractivity contribution is 7.07. The summed E-state index contributed by atoms with van der Waals surface area (Å²) >= 11 is 7.30. The number of rotatable bonds is 5. The van der Waals surface area contributed by atoms with Crippen molar-refractivity contribution in [2.45, 2.75) is 12.8 Å². The predicted molar refractivity (Wildman–Crippen MR) is 105 cm³/mol. The second-order valence-corrected chi connectivity index (χ2v) is 7.07. The first-order valence-electron chi connectivity index (χ1n) is 7.95. The van der Waals surface area contributed by atoms with Crippen LogP contribution in [0.5, 0.6) is 5.75 Å². The monoisotopic (exact) mass is 385 g/mol. The minimum absolute atomic E-state index is 0.156. The second-order valence-electron chi connectivity index (χ2n) is 5.65. The molecule has 0 spiro atoms. The Hall–Kier alpha value is -2.63. The van der Waals surface area contributed by atoms with E-state index in [2.05, 4.69) is 11.6 Å². The van der Waals surface area contributed by atoms with E-state index in [4.69, 9.17) is 16.3 Å². The Morgan fingerprint density at radius 1 is 1.23 bits per heavy atom. The lowest BCUT2D eigenvalue weighted by molar-refractivity contribution is -0.134. The van der Waals surface area contributed by atoms with Gasteiger partial charge < -0.3 is 9.72 Å². The fraction of sp³-hybridized carbons (Fsp3) is 0.100. The maximum atomic E-state index is 12.0. The van der Waals surface area contributed by atoms with E-state index in [0.717, 1.165) is 27.0 Å². The van der Waals surface area contributed by atoms with Gasteiger partial charge in [0.1, 0.15) is 5.75 Å². The molecule has 4 nitrogen and oxygen atoms in total. The molecule has 0 saturated heterocycles. The van der Waals surface area contributed by atoms with E-state index in [1.807, 2.05) is 30.3 Å². The van der Waals surface area contributed by atoms with Gasteiger partial charge in [-0.3, -0.25) is 9.59 Å². The Kier molecular flexibility index (Phi) is 5.71. The molecule has 0 saturated carbocycles. The number of aromatic nitrogens is 1. The zero-order chi connectivity index (χ0) is 18.5. The van der Waals surface area contributed by atoms with Crippen molar-refractivity contribution in [2.24, 2.45) is 0 Å². The highest BCUT2D eigenvalue weighted by atomic mass is 35.5. The van der Waals surface area contributed by atoms with Crippen LogP contribution in [0.2, 0.25) is 5.02 Å². The highest BCUT2D eigenvalue weighted by Crippen LogP contribution is 2.26. The van der Waals surface area contributed by atoms with Crippen LogP contribution < -0.4 is 19.5 Å². The molecule has 132 valence electrons. The van der Waals surface area contributed by atoms with Gasteiger partial charge in [0.25, 0.3) is 0 Å². The molecule has 0 bridgehead atoms. The summed E-state index contributed by atoms with van der Waals surface area (Å²) in [6, 6.07) is 14.8. The van der Waals surface area contributed by atoms with E-state index >= 15 is 0 Å². The lowest BCUT2D eigenvalue weighted by Crippen LogP contribution is -2.19. The first-order valence-corrected chi connectivity index (χ1v) is 9.14. The Balaban J connectivity index is 1.69.